The van der Waals surface area contributed by atoms with Gasteiger partial charge in [0.05, 0.1) is 12.8 Å². The largest absolute Gasteiger partial charge is 0.448 e. The zero-order valence-electron chi connectivity index (χ0n) is 19.9. The minimum Gasteiger partial charge on any atom is -0.448 e. The van der Waals surface area contributed by atoms with E-state index in [0.717, 1.165) is 16.5 Å². The van der Waals surface area contributed by atoms with Crippen LogP contribution in [0.4, 0.5) is 0 Å². The monoisotopic (exact) mass is 489 g/mol. The first-order valence-electron chi connectivity index (χ1n) is 11.8. The summed E-state index contributed by atoms with van der Waals surface area (Å²) in [5, 5.41) is 0.162. The molecule has 180 valence electrons. The maximum atomic E-state index is 13.6. The van der Waals surface area contributed by atoms with E-state index in [1.807, 2.05) is 58.9 Å². The van der Waals surface area contributed by atoms with Crippen molar-refractivity contribution in [2.75, 3.05) is 19.6 Å². The number of nitrogens with zero attached hydrogens (tertiary/aromatic N) is 3. The Hall–Kier alpha value is -3.51. The van der Waals surface area contributed by atoms with E-state index in [2.05, 4.69) is 31.2 Å². The Morgan fingerprint density at radius 1 is 1.06 bits per heavy atom. The third-order valence-corrected chi connectivity index (χ3v) is 7.13. The molecule has 0 saturated carbocycles. The number of fused-ring (bicyclic) bond motifs is 1. The maximum absolute atomic E-state index is 13.6. The van der Waals surface area contributed by atoms with Crippen molar-refractivity contribution in [2.45, 2.75) is 31.8 Å². The molecule has 0 N–H and O–H groups in total. The van der Waals surface area contributed by atoms with Crippen LogP contribution in [-0.4, -0.2) is 51.9 Å². The molecule has 1 saturated heterocycles. The molecule has 2 atom stereocenters. The summed E-state index contributed by atoms with van der Waals surface area (Å²) in [6.07, 6.45) is 1.65. The van der Waals surface area contributed by atoms with Crippen molar-refractivity contribution < 1.29 is 14.0 Å². The topological polar surface area (TPSA) is 58.7 Å². The first-order valence-corrected chi connectivity index (χ1v) is 12.3. The fourth-order valence-electron chi connectivity index (χ4n) is 4.73. The first-order chi connectivity index (χ1) is 16.9. The molecule has 1 aliphatic heterocycles. The molecule has 0 bridgehead atoms. The van der Waals surface area contributed by atoms with Crippen LogP contribution >= 0.6 is 11.6 Å². The van der Waals surface area contributed by atoms with Crippen molar-refractivity contribution in [1.82, 2.24) is 14.4 Å². The smallest absolute Gasteiger partial charge is 0.270 e. The highest BCUT2D eigenvalue weighted by molar-refractivity contribution is 6.30. The Morgan fingerprint density at radius 2 is 1.80 bits per heavy atom. The van der Waals surface area contributed by atoms with Gasteiger partial charge in [-0.15, -0.1) is 11.6 Å². The number of halogens is 1. The van der Waals surface area contributed by atoms with E-state index in [1.54, 1.807) is 11.2 Å². The lowest BCUT2D eigenvalue weighted by molar-refractivity contribution is -0.135. The highest BCUT2D eigenvalue weighted by atomic mass is 35.5. The SMILES string of the molecule is Cc1ccc(Cn2c(C(=O)N3CCN(C(=O)C(Cl)c4ccccc4)C(C)C3)cc3ccoc32)cc1. The summed E-state index contributed by atoms with van der Waals surface area (Å²) in [6.45, 7) is 5.89. The number of furan rings is 1. The summed E-state index contributed by atoms with van der Waals surface area (Å²) in [6, 6.07) is 21.3. The number of benzene rings is 2. The molecule has 3 heterocycles. The molecule has 1 fully saturated rings. The van der Waals surface area contributed by atoms with Gasteiger partial charge in [-0.2, -0.15) is 0 Å². The number of aryl methyl sites for hydroxylation is 1. The van der Waals surface area contributed by atoms with Gasteiger partial charge in [-0.25, -0.2) is 0 Å². The molecule has 2 aromatic heterocycles. The fraction of sp³-hybridized carbons (Fsp3) is 0.286. The van der Waals surface area contributed by atoms with Crippen molar-refractivity contribution in [3.8, 4) is 0 Å². The number of carbonyl (C=O) groups is 2. The summed E-state index contributed by atoms with van der Waals surface area (Å²) in [7, 11) is 0. The molecule has 2 aromatic carbocycles. The van der Waals surface area contributed by atoms with E-state index in [0.29, 0.717) is 37.6 Å². The zero-order valence-corrected chi connectivity index (χ0v) is 20.6. The predicted octanol–water partition coefficient (Wildman–Crippen LogP) is 5.24. The number of hydrogen-bond donors (Lipinski definition) is 0. The van der Waals surface area contributed by atoms with Crippen molar-refractivity contribution in [3.63, 3.8) is 0 Å². The van der Waals surface area contributed by atoms with Gasteiger partial charge < -0.3 is 18.8 Å². The van der Waals surface area contributed by atoms with Crippen molar-refractivity contribution in [3.05, 3.63) is 95.4 Å². The second-order valence-corrected chi connectivity index (χ2v) is 9.62. The lowest BCUT2D eigenvalue weighted by Gasteiger charge is -2.40. The van der Waals surface area contributed by atoms with Gasteiger partial charge in [0.25, 0.3) is 5.91 Å². The number of hydrogen-bond acceptors (Lipinski definition) is 3. The molecule has 35 heavy (non-hydrogen) atoms. The number of amides is 2. The summed E-state index contributed by atoms with van der Waals surface area (Å²) in [5.41, 5.74) is 4.33. The molecule has 0 radical (unpaired) electrons. The van der Waals surface area contributed by atoms with Crippen molar-refractivity contribution >= 4 is 34.5 Å². The summed E-state index contributed by atoms with van der Waals surface area (Å²) >= 11 is 6.50. The van der Waals surface area contributed by atoms with Gasteiger partial charge in [-0.3, -0.25) is 9.59 Å². The number of piperazine rings is 1. The summed E-state index contributed by atoms with van der Waals surface area (Å²) < 4.78 is 7.67. The minimum atomic E-state index is -0.737. The Balaban J connectivity index is 1.33. The molecular weight excluding hydrogens is 462 g/mol. The number of carbonyl (C=O) groups excluding carboxylic acids is 2. The highest BCUT2D eigenvalue weighted by Gasteiger charge is 2.34. The molecule has 2 unspecified atom stereocenters. The second-order valence-electron chi connectivity index (χ2n) is 9.19. The third-order valence-electron chi connectivity index (χ3n) is 6.69. The van der Waals surface area contributed by atoms with E-state index in [1.165, 1.54) is 5.56 Å². The number of aromatic nitrogens is 1. The Morgan fingerprint density at radius 3 is 2.51 bits per heavy atom. The van der Waals surface area contributed by atoms with Crippen LogP contribution in [0.25, 0.3) is 11.1 Å². The zero-order chi connectivity index (χ0) is 24.5. The third kappa shape index (κ3) is 4.58. The van der Waals surface area contributed by atoms with Crippen LogP contribution < -0.4 is 0 Å². The van der Waals surface area contributed by atoms with Gasteiger partial charge >= 0.3 is 0 Å². The first kappa shape index (κ1) is 23.2. The second kappa shape index (κ2) is 9.62. The van der Waals surface area contributed by atoms with E-state index in [9.17, 15) is 9.59 Å². The van der Waals surface area contributed by atoms with Crippen LogP contribution in [-0.2, 0) is 11.3 Å². The maximum Gasteiger partial charge on any atom is 0.270 e. The minimum absolute atomic E-state index is 0.0621. The number of rotatable bonds is 5. The van der Waals surface area contributed by atoms with Crippen LogP contribution in [0.5, 0.6) is 0 Å². The molecule has 1 aliphatic rings. The highest BCUT2D eigenvalue weighted by Crippen LogP contribution is 2.27. The molecule has 0 aliphatic carbocycles. The van der Waals surface area contributed by atoms with E-state index < -0.39 is 5.38 Å². The lowest BCUT2D eigenvalue weighted by atomic mass is 10.1. The molecule has 4 aromatic rings. The van der Waals surface area contributed by atoms with Gasteiger partial charge in [0.2, 0.25) is 11.6 Å². The average molecular weight is 490 g/mol. The molecule has 2 amide bonds. The Kier molecular flexibility index (Phi) is 6.39. The molecular formula is C28H28ClN3O3. The Bertz CT molecular complexity index is 1340. The lowest BCUT2D eigenvalue weighted by Crippen LogP contribution is -2.56. The van der Waals surface area contributed by atoms with Gasteiger partial charge in [-0.1, -0.05) is 60.2 Å². The van der Waals surface area contributed by atoms with Crippen LogP contribution in [0.2, 0.25) is 0 Å². The van der Waals surface area contributed by atoms with E-state index in [-0.39, 0.29) is 17.9 Å². The molecule has 5 rings (SSSR count). The quantitative estimate of drug-likeness (QED) is 0.360. The van der Waals surface area contributed by atoms with Gasteiger partial charge in [0.15, 0.2) is 0 Å². The normalized spacial score (nSPS) is 17.1. The van der Waals surface area contributed by atoms with Crippen molar-refractivity contribution in [1.29, 1.82) is 0 Å². The van der Waals surface area contributed by atoms with Crippen LogP contribution in [0, 0.1) is 6.92 Å². The van der Waals surface area contributed by atoms with Gasteiger partial charge in [-0.05, 0) is 37.1 Å². The van der Waals surface area contributed by atoms with E-state index >= 15 is 0 Å². The predicted molar refractivity (Wildman–Crippen MR) is 137 cm³/mol. The van der Waals surface area contributed by atoms with Crippen molar-refractivity contribution in [2.24, 2.45) is 0 Å². The summed E-state index contributed by atoms with van der Waals surface area (Å²) in [5.74, 6) is -0.189. The Labute approximate surface area is 209 Å². The molecule has 7 heteroatoms. The summed E-state index contributed by atoms with van der Waals surface area (Å²) in [4.78, 5) is 30.3. The van der Waals surface area contributed by atoms with Gasteiger partial charge in [0.1, 0.15) is 11.1 Å². The standard InChI is InChI=1S/C28H28ClN3O3/c1-19-8-10-21(11-9-19)18-32-24(16-23-12-15-35-28(23)32)26(33)30-13-14-31(20(2)17-30)27(34)25(29)22-6-4-3-5-7-22/h3-12,15-16,20,25H,13-14,17-18H2,1-2H3. The van der Waals surface area contributed by atoms with Crippen LogP contribution in [0.15, 0.2) is 77.4 Å². The number of alkyl halides is 1. The van der Waals surface area contributed by atoms with E-state index in [4.69, 9.17) is 16.0 Å². The van der Waals surface area contributed by atoms with Crippen LogP contribution in [0.3, 0.4) is 0 Å². The molecule has 0 spiro atoms. The van der Waals surface area contributed by atoms with Gasteiger partial charge in [0, 0.05) is 31.1 Å². The molecule has 6 nitrogen and oxygen atoms in total. The fourth-order valence-corrected chi connectivity index (χ4v) is 5.00. The van der Waals surface area contributed by atoms with Crippen LogP contribution in [0.1, 0.15) is 39.5 Å². The average Bonchev–Trinajstić information content (AvgIpc) is 3.47.